The van der Waals surface area contributed by atoms with Crippen LogP contribution in [0.4, 0.5) is 0 Å². The molecule has 132 valence electrons. The molecule has 0 amide bonds. The summed E-state index contributed by atoms with van der Waals surface area (Å²) < 4.78 is 9.92. The summed E-state index contributed by atoms with van der Waals surface area (Å²) in [7, 11) is 0. The molecule has 5 nitrogen and oxygen atoms in total. The molecule has 0 aliphatic rings. The van der Waals surface area contributed by atoms with Gasteiger partial charge in [0.1, 0.15) is 16.9 Å². The molecule has 5 heteroatoms. The summed E-state index contributed by atoms with van der Waals surface area (Å²) in [6, 6.07) is 16.9. The van der Waals surface area contributed by atoms with Gasteiger partial charge in [-0.1, -0.05) is 31.5 Å². The molecule has 0 fully saturated rings. The summed E-state index contributed by atoms with van der Waals surface area (Å²) in [5.41, 5.74) is 1.51. The van der Waals surface area contributed by atoms with Crippen LogP contribution >= 0.6 is 0 Å². The number of phenols is 1. The highest BCUT2D eigenvalue weighted by molar-refractivity contribution is 5.80. The number of fused-ring (bicyclic) bond motifs is 2. The minimum Gasteiger partial charge on any atom is -0.508 e. The number of para-hydroxylation sites is 1. The first-order chi connectivity index (χ1) is 12.6. The maximum absolute atomic E-state index is 11.2. The Morgan fingerprint density at radius 2 is 1.58 bits per heavy atom. The Morgan fingerprint density at radius 1 is 0.846 bits per heavy atom. The lowest BCUT2D eigenvalue weighted by atomic mass is 10.1. The van der Waals surface area contributed by atoms with Crippen molar-refractivity contribution in [1.82, 2.24) is 0 Å². The van der Waals surface area contributed by atoms with Gasteiger partial charge in [-0.25, -0.2) is 9.59 Å². The van der Waals surface area contributed by atoms with Crippen molar-refractivity contribution in [2.24, 2.45) is 0 Å². The standard InChI is InChI=1S/C12H12O2.C9H6O3/c1-2-5-9-8-12(13)14-11-7-4-3-6-10(9)11;10-7-3-1-6-2-4-9(11)12-8(6)5-7/h3-4,6-8H,2,5H2,1H3;1-5,10H. The topological polar surface area (TPSA) is 80.7 Å². The predicted molar refractivity (Wildman–Crippen MR) is 101 cm³/mol. The first-order valence-electron chi connectivity index (χ1n) is 8.31. The molecule has 2 aromatic heterocycles. The van der Waals surface area contributed by atoms with Gasteiger partial charge in [0.15, 0.2) is 0 Å². The van der Waals surface area contributed by atoms with Crippen molar-refractivity contribution in [1.29, 1.82) is 0 Å². The first kappa shape index (κ1) is 17.5. The molecule has 0 saturated heterocycles. The fourth-order valence-electron chi connectivity index (χ4n) is 2.70. The van der Waals surface area contributed by atoms with E-state index in [1.807, 2.05) is 24.3 Å². The maximum atomic E-state index is 11.2. The third-order valence-electron chi connectivity index (χ3n) is 3.86. The van der Waals surface area contributed by atoms with Crippen LogP contribution in [0.5, 0.6) is 5.75 Å². The normalized spacial score (nSPS) is 10.5. The molecule has 0 bridgehead atoms. The number of aryl methyl sites for hydroxylation is 1. The minimum absolute atomic E-state index is 0.0943. The quantitative estimate of drug-likeness (QED) is 0.547. The average Bonchev–Trinajstić information content (AvgIpc) is 2.62. The van der Waals surface area contributed by atoms with Crippen molar-refractivity contribution in [2.45, 2.75) is 19.8 Å². The SMILES string of the molecule is CCCc1cc(=O)oc2ccccc12.O=c1ccc2ccc(O)cc2o1. The molecule has 0 atom stereocenters. The van der Waals surface area contributed by atoms with Gasteiger partial charge in [-0.2, -0.15) is 0 Å². The Balaban J connectivity index is 0.000000152. The fourth-order valence-corrected chi connectivity index (χ4v) is 2.70. The van der Waals surface area contributed by atoms with Gasteiger partial charge in [-0.3, -0.25) is 0 Å². The summed E-state index contributed by atoms with van der Waals surface area (Å²) in [4.78, 5) is 22.0. The highest BCUT2D eigenvalue weighted by atomic mass is 16.4. The molecule has 0 aliphatic heterocycles. The van der Waals surface area contributed by atoms with Gasteiger partial charge in [0.05, 0.1) is 0 Å². The van der Waals surface area contributed by atoms with Gasteiger partial charge in [-0.05, 0) is 36.2 Å². The summed E-state index contributed by atoms with van der Waals surface area (Å²) in [5.74, 6) is 0.0943. The Kier molecular flexibility index (Phi) is 5.17. The molecule has 1 N–H and O–H groups in total. The van der Waals surface area contributed by atoms with Crippen molar-refractivity contribution >= 4 is 21.9 Å². The second-order valence-electron chi connectivity index (χ2n) is 5.81. The zero-order valence-corrected chi connectivity index (χ0v) is 14.3. The third kappa shape index (κ3) is 4.00. The van der Waals surface area contributed by atoms with E-state index in [1.54, 1.807) is 24.3 Å². The number of hydrogen-bond acceptors (Lipinski definition) is 5. The van der Waals surface area contributed by atoms with Crippen molar-refractivity contribution in [2.75, 3.05) is 0 Å². The molecule has 0 unspecified atom stereocenters. The molecule has 0 spiro atoms. The van der Waals surface area contributed by atoms with Crippen LogP contribution in [0.3, 0.4) is 0 Å². The molecular formula is C21H18O5. The highest BCUT2D eigenvalue weighted by Crippen LogP contribution is 2.18. The van der Waals surface area contributed by atoms with E-state index >= 15 is 0 Å². The minimum atomic E-state index is -0.409. The van der Waals surface area contributed by atoms with Crippen LogP contribution in [0.2, 0.25) is 0 Å². The molecule has 4 aromatic rings. The zero-order chi connectivity index (χ0) is 18.5. The first-order valence-corrected chi connectivity index (χ1v) is 8.31. The lowest BCUT2D eigenvalue weighted by Crippen LogP contribution is -2.00. The van der Waals surface area contributed by atoms with Crippen LogP contribution in [-0.4, -0.2) is 5.11 Å². The molecule has 0 saturated carbocycles. The number of aromatic hydroxyl groups is 1. The van der Waals surface area contributed by atoms with Crippen LogP contribution in [0, 0.1) is 0 Å². The molecule has 4 rings (SSSR count). The van der Waals surface area contributed by atoms with Crippen LogP contribution in [0.15, 0.2) is 79.1 Å². The number of hydrogen-bond donors (Lipinski definition) is 1. The van der Waals surface area contributed by atoms with Crippen LogP contribution in [0.1, 0.15) is 18.9 Å². The molecule has 0 radical (unpaired) electrons. The highest BCUT2D eigenvalue weighted by Gasteiger charge is 2.03. The molecular weight excluding hydrogens is 332 g/mol. The third-order valence-corrected chi connectivity index (χ3v) is 3.86. The van der Waals surface area contributed by atoms with Gasteiger partial charge < -0.3 is 13.9 Å². The van der Waals surface area contributed by atoms with Gasteiger partial charge in [-0.15, -0.1) is 0 Å². The van der Waals surface area contributed by atoms with E-state index in [0.29, 0.717) is 11.2 Å². The number of benzene rings is 2. The van der Waals surface area contributed by atoms with E-state index in [0.717, 1.165) is 29.2 Å². The predicted octanol–water partition coefficient (Wildman–Crippen LogP) is 4.24. The van der Waals surface area contributed by atoms with Gasteiger partial charge >= 0.3 is 11.3 Å². The van der Waals surface area contributed by atoms with Crippen molar-refractivity contribution in [3.8, 4) is 5.75 Å². The van der Waals surface area contributed by atoms with E-state index in [9.17, 15) is 9.59 Å². The zero-order valence-electron chi connectivity index (χ0n) is 14.3. The summed E-state index contributed by atoms with van der Waals surface area (Å²) in [6.45, 7) is 2.10. The second kappa shape index (κ2) is 7.70. The summed E-state index contributed by atoms with van der Waals surface area (Å²) >= 11 is 0. The van der Waals surface area contributed by atoms with Gasteiger partial charge in [0.2, 0.25) is 0 Å². The largest absolute Gasteiger partial charge is 0.508 e. The van der Waals surface area contributed by atoms with Crippen LogP contribution < -0.4 is 11.3 Å². The van der Waals surface area contributed by atoms with Crippen LogP contribution in [0.25, 0.3) is 21.9 Å². The van der Waals surface area contributed by atoms with E-state index in [1.165, 1.54) is 12.1 Å². The summed E-state index contributed by atoms with van der Waals surface area (Å²) in [6.07, 6.45) is 1.96. The van der Waals surface area contributed by atoms with E-state index in [-0.39, 0.29) is 11.4 Å². The molecule has 0 aliphatic carbocycles. The lowest BCUT2D eigenvalue weighted by molar-refractivity contribution is 0.473. The Labute approximate surface area is 149 Å². The van der Waals surface area contributed by atoms with E-state index < -0.39 is 5.63 Å². The van der Waals surface area contributed by atoms with Crippen molar-refractivity contribution < 1.29 is 13.9 Å². The number of rotatable bonds is 2. The Bertz CT molecular complexity index is 1150. The molecule has 26 heavy (non-hydrogen) atoms. The lowest BCUT2D eigenvalue weighted by Gasteiger charge is -2.02. The van der Waals surface area contributed by atoms with Crippen molar-refractivity contribution in [3.05, 3.63) is 87.1 Å². The average molecular weight is 350 g/mol. The fraction of sp³-hybridized carbons (Fsp3) is 0.143. The molecule has 2 heterocycles. The Hall–Kier alpha value is -3.34. The van der Waals surface area contributed by atoms with E-state index in [2.05, 4.69) is 6.92 Å². The monoisotopic (exact) mass is 350 g/mol. The van der Waals surface area contributed by atoms with E-state index in [4.69, 9.17) is 13.9 Å². The van der Waals surface area contributed by atoms with Crippen LogP contribution in [-0.2, 0) is 6.42 Å². The smallest absolute Gasteiger partial charge is 0.336 e. The van der Waals surface area contributed by atoms with Crippen molar-refractivity contribution in [3.63, 3.8) is 0 Å². The summed E-state index contributed by atoms with van der Waals surface area (Å²) in [5, 5.41) is 10.9. The molecule has 2 aromatic carbocycles. The van der Waals surface area contributed by atoms with Gasteiger partial charge in [0.25, 0.3) is 0 Å². The Morgan fingerprint density at radius 3 is 2.38 bits per heavy atom. The number of phenolic OH excluding ortho intramolecular Hbond substituents is 1. The maximum Gasteiger partial charge on any atom is 0.336 e. The second-order valence-corrected chi connectivity index (χ2v) is 5.81. The van der Waals surface area contributed by atoms with Gasteiger partial charge in [0, 0.05) is 29.0 Å².